The van der Waals surface area contributed by atoms with Crippen molar-refractivity contribution >= 4 is 11.6 Å². The number of nitrogen functional groups attached to an aromatic ring is 1. The van der Waals surface area contributed by atoms with Gasteiger partial charge in [0.2, 0.25) is 0 Å². The zero-order valence-electron chi connectivity index (χ0n) is 10.3. The van der Waals surface area contributed by atoms with Gasteiger partial charge in [-0.15, -0.1) is 0 Å². The highest BCUT2D eigenvalue weighted by atomic mass is 16.5. The second-order valence-electron chi connectivity index (χ2n) is 3.99. The van der Waals surface area contributed by atoms with Crippen LogP contribution in [0.5, 0.6) is 5.75 Å². The van der Waals surface area contributed by atoms with Crippen LogP contribution in [0, 0.1) is 0 Å². The number of likely N-dealkylation sites (N-methyl/N-ethyl adjacent to an activating group) is 1. The van der Waals surface area contributed by atoms with Crippen molar-refractivity contribution in [3.8, 4) is 5.75 Å². The fourth-order valence-corrected chi connectivity index (χ4v) is 1.57. The number of hydrogen-bond donors (Lipinski definition) is 2. The quantitative estimate of drug-likeness (QED) is 0.758. The Balaban J connectivity index is 2.95. The number of carbonyl (C=O) groups excluding carboxylic acids is 1. The van der Waals surface area contributed by atoms with Crippen molar-refractivity contribution in [1.82, 2.24) is 4.90 Å². The summed E-state index contributed by atoms with van der Waals surface area (Å²) in [6.07, 6.45) is -0.566. The molecule has 0 spiro atoms. The van der Waals surface area contributed by atoms with Gasteiger partial charge in [0, 0.05) is 25.3 Å². The lowest BCUT2D eigenvalue weighted by atomic mass is 10.1. The van der Waals surface area contributed by atoms with Gasteiger partial charge in [0.1, 0.15) is 5.75 Å². The summed E-state index contributed by atoms with van der Waals surface area (Å²) in [4.78, 5) is 13.5. The van der Waals surface area contributed by atoms with Crippen LogP contribution in [0.15, 0.2) is 18.2 Å². The number of aliphatic hydroxyl groups excluding tert-OH is 1. The molecule has 1 aromatic rings. The van der Waals surface area contributed by atoms with E-state index in [1.165, 1.54) is 12.0 Å². The van der Waals surface area contributed by atoms with Crippen LogP contribution in [0.25, 0.3) is 0 Å². The Bertz CT molecular complexity index is 405. The van der Waals surface area contributed by atoms with E-state index >= 15 is 0 Å². The van der Waals surface area contributed by atoms with E-state index in [1.807, 2.05) is 0 Å². The molecule has 0 heterocycles. The highest BCUT2D eigenvalue weighted by Gasteiger charge is 2.17. The minimum Gasteiger partial charge on any atom is -0.496 e. The number of methoxy groups -OCH3 is 1. The van der Waals surface area contributed by atoms with E-state index in [-0.39, 0.29) is 12.5 Å². The molecule has 17 heavy (non-hydrogen) atoms. The molecule has 0 aliphatic carbocycles. The third-order valence-corrected chi connectivity index (χ3v) is 2.34. The van der Waals surface area contributed by atoms with Crippen LogP contribution < -0.4 is 10.5 Å². The van der Waals surface area contributed by atoms with E-state index in [1.54, 1.807) is 32.2 Å². The number of amides is 1. The van der Waals surface area contributed by atoms with Gasteiger partial charge in [-0.2, -0.15) is 0 Å². The third-order valence-electron chi connectivity index (χ3n) is 2.34. The maximum Gasteiger partial charge on any atom is 0.257 e. The number of nitrogens with zero attached hydrogens (tertiary/aromatic N) is 1. The zero-order valence-corrected chi connectivity index (χ0v) is 10.3. The molecule has 0 fully saturated rings. The number of rotatable bonds is 4. The van der Waals surface area contributed by atoms with Gasteiger partial charge in [0.05, 0.1) is 18.8 Å². The number of benzene rings is 1. The largest absolute Gasteiger partial charge is 0.496 e. The van der Waals surface area contributed by atoms with E-state index in [0.717, 1.165) is 0 Å². The van der Waals surface area contributed by atoms with Gasteiger partial charge in [0.15, 0.2) is 0 Å². The molecule has 0 saturated carbocycles. The fourth-order valence-electron chi connectivity index (χ4n) is 1.57. The maximum atomic E-state index is 12.1. The summed E-state index contributed by atoms with van der Waals surface area (Å²) < 4.78 is 5.11. The molecule has 0 aliphatic rings. The van der Waals surface area contributed by atoms with Gasteiger partial charge in [-0.1, -0.05) is 0 Å². The third kappa shape index (κ3) is 3.35. The topological polar surface area (TPSA) is 75.8 Å². The highest BCUT2D eigenvalue weighted by Crippen LogP contribution is 2.22. The Morgan fingerprint density at radius 1 is 1.59 bits per heavy atom. The monoisotopic (exact) mass is 238 g/mol. The molecule has 1 rings (SSSR count). The van der Waals surface area contributed by atoms with E-state index in [4.69, 9.17) is 10.5 Å². The average Bonchev–Trinajstić information content (AvgIpc) is 2.27. The summed E-state index contributed by atoms with van der Waals surface area (Å²) in [7, 11) is 3.12. The van der Waals surface area contributed by atoms with E-state index in [2.05, 4.69) is 0 Å². The lowest BCUT2D eigenvalue weighted by Gasteiger charge is -2.20. The summed E-state index contributed by atoms with van der Waals surface area (Å²) in [5.74, 6) is 0.232. The number of anilines is 1. The molecular weight excluding hydrogens is 220 g/mol. The highest BCUT2D eigenvalue weighted by molar-refractivity contribution is 5.97. The molecule has 0 bridgehead atoms. The van der Waals surface area contributed by atoms with Crippen molar-refractivity contribution in [3.05, 3.63) is 23.8 Å². The lowest BCUT2D eigenvalue weighted by Crippen LogP contribution is -2.33. The molecule has 1 aromatic carbocycles. The molecule has 1 atom stereocenters. The number of carbonyl (C=O) groups is 1. The fraction of sp³-hybridized carbons (Fsp3) is 0.417. The Hall–Kier alpha value is -1.75. The van der Waals surface area contributed by atoms with Crippen LogP contribution in [0.4, 0.5) is 5.69 Å². The van der Waals surface area contributed by atoms with Crippen molar-refractivity contribution < 1.29 is 14.6 Å². The van der Waals surface area contributed by atoms with Gasteiger partial charge < -0.3 is 20.5 Å². The standard InChI is InChI=1S/C12H18N2O3/c1-8(15)7-14(2)12(16)10-5-4-9(13)6-11(10)17-3/h4-6,8,15H,7,13H2,1-3H3. The normalized spacial score (nSPS) is 12.0. The average molecular weight is 238 g/mol. The smallest absolute Gasteiger partial charge is 0.257 e. The molecule has 1 amide bonds. The van der Waals surface area contributed by atoms with Crippen molar-refractivity contribution in [2.75, 3.05) is 26.4 Å². The summed E-state index contributed by atoms with van der Waals surface area (Å²) in [6, 6.07) is 4.87. The molecule has 5 heteroatoms. The molecule has 0 aromatic heterocycles. The first-order valence-electron chi connectivity index (χ1n) is 5.32. The first kappa shape index (κ1) is 13.3. The Kier molecular flexibility index (Phi) is 4.34. The van der Waals surface area contributed by atoms with Crippen LogP contribution >= 0.6 is 0 Å². The summed E-state index contributed by atoms with van der Waals surface area (Å²) >= 11 is 0. The van der Waals surface area contributed by atoms with Gasteiger partial charge in [0.25, 0.3) is 5.91 Å². The van der Waals surface area contributed by atoms with Crippen molar-refractivity contribution in [2.24, 2.45) is 0 Å². The SMILES string of the molecule is COc1cc(N)ccc1C(=O)N(C)CC(C)O. The van der Waals surface area contributed by atoms with Crippen LogP contribution in [-0.2, 0) is 0 Å². The molecular formula is C12H18N2O3. The van der Waals surface area contributed by atoms with E-state index in [0.29, 0.717) is 17.0 Å². The van der Waals surface area contributed by atoms with Gasteiger partial charge in [-0.05, 0) is 19.1 Å². The van der Waals surface area contributed by atoms with Crippen LogP contribution in [0.3, 0.4) is 0 Å². The predicted molar refractivity (Wildman–Crippen MR) is 66.0 cm³/mol. The second-order valence-corrected chi connectivity index (χ2v) is 3.99. The molecule has 5 nitrogen and oxygen atoms in total. The first-order valence-corrected chi connectivity index (χ1v) is 5.32. The summed E-state index contributed by atoms with van der Waals surface area (Å²) in [5, 5.41) is 9.24. The molecule has 0 radical (unpaired) electrons. The van der Waals surface area contributed by atoms with Gasteiger partial charge >= 0.3 is 0 Å². The zero-order chi connectivity index (χ0) is 13.0. The van der Waals surface area contributed by atoms with Crippen molar-refractivity contribution in [2.45, 2.75) is 13.0 Å². The molecule has 0 aliphatic heterocycles. The van der Waals surface area contributed by atoms with Crippen molar-refractivity contribution in [1.29, 1.82) is 0 Å². The number of nitrogens with two attached hydrogens (primary N) is 1. The van der Waals surface area contributed by atoms with Crippen LogP contribution in [0.1, 0.15) is 17.3 Å². The van der Waals surface area contributed by atoms with Crippen molar-refractivity contribution in [3.63, 3.8) is 0 Å². The molecule has 0 saturated heterocycles. The maximum absolute atomic E-state index is 12.1. The second kappa shape index (κ2) is 5.54. The number of aliphatic hydroxyl groups is 1. The van der Waals surface area contributed by atoms with E-state index in [9.17, 15) is 9.90 Å². The first-order chi connectivity index (χ1) is 7.95. The Morgan fingerprint density at radius 3 is 2.76 bits per heavy atom. The van der Waals surface area contributed by atoms with Crippen LogP contribution in [0.2, 0.25) is 0 Å². The summed E-state index contributed by atoms with van der Waals surface area (Å²) in [5.41, 5.74) is 6.59. The molecule has 1 unspecified atom stereocenters. The van der Waals surface area contributed by atoms with E-state index < -0.39 is 6.10 Å². The number of hydrogen-bond acceptors (Lipinski definition) is 4. The minimum atomic E-state index is -0.566. The molecule has 3 N–H and O–H groups in total. The molecule has 94 valence electrons. The minimum absolute atomic E-state index is 0.206. The van der Waals surface area contributed by atoms with Gasteiger partial charge in [-0.25, -0.2) is 0 Å². The predicted octanol–water partition coefficient (Wildman–Crippen LogP) is 0.730. The Morgan fingerprint density at radius 2 is 2.24 bits per heavy atom. The number of ether oxygens (including phenoxy) is 1. The summed E-state index contributed by atoms with van der Waals surface area (Å²) in [6.45, 7) is 1.90. The van der Waals surface area contributed by atoms with Gasteiger partial charge in [-0.3, -0.25) is 4.79 Å². The van der Waals surface area contributed by atoms with Crippen LogP contribution in [-0.4, -0.2) is 42.7 Å². The lowest BCUT2D eigenvalue weighted by molar-refractivity contribution is 0.0700. The Labute approximate surface area is 101 Å².